The molecule has 0 rings (SSSR count). The van der Waals surface area contributed by atoms with Gasteiger partial charge in [-0.2, -0.15) is 0 Å². The van der Waals surface area contributed by atoms with Crippen LogP contribution < -0.4 is 10.2 Å². The molecule has 9 heteroatoms. The molecule has 0 aromatic carbocycles. The van der Waals surface area contributed by atoms with Crippen molar-refractivity contribution in [1.82, 2.24) is 5.32 Å². The summed E-state index contributed by atoms with van der Waals surface area (Å²) in [6, 6.07) is -0.795. The minimum Gasteiger partial charge on any atom is -0.756 e. The van der Waals surface area contributed by atoms with E-state index in [4.69, 9.17) is 9.05 Å². The largest absolute Gasteiger partial charge is 0.756 e. The molecule has 0 aliphatic carbocycles. The van der Waals surface area contributed by atoms with Crippen LogP contribution >= 0.6 is 7.82 Å². The zero-order valence-electron chi connectivity index (χ0n) is 50.6. The van der Waals surface area contributed by atoms with Gasteiger partial charge in [-0.3, -0.25) is 9.36 Å². The highest BCUT2D eigenvalue weighted by molar-refractivity contribution is 7.45. The van der Waals surface area contributed by atoms with Crippen LogP contribution in [0, 0.1) is 0 Å². The average molecular weight is 1070 g/mol. The summed E-state index contributed by atoms with van der Waals surface area (Å²) in [6.07, 6.45) is 71.7. The Hall–Kier alpha value is -0.760. The molecule has 0 aromatic rings. The van der Waals surface area contributed by atoms with Crippen LogP contribution in [0.3, 0.4) is 0 Å². The Morgan fingerprint density at radius 2 is 0.743 bits per heavy atom. The molecular weight excluding hydrogens is 936 g/mol. The predicted octanol–water partition coefficient (Wildman–Crippen LogP) is 19.9. The number of carbonyl (C=O) groups excluding carboxylic acids is 1. The molecule has 0 fully saturated rings. The summed E-state index contributed by atoms with van der Waals surface area (Å²) in [5.41, 5.74) is 0. The first-order valence-corrected chi connectivity index (χ1v) is 34.5. The third kappa shape index (κ3) is 58.9. The van der Waals surface area contributed by atoms with Gasteiger partial charge in [0.25, 0.3) is 7.82 Å². The van der Waals surface area contributed by atoms with Crippen molar-refractivity contribution in [1.29, 1.82) is 0 Å². The highest BCUT2D eigenvalue weighted by Gasteiger charge is 2.24. The molecule has 0 saturated carbocycles. The van der Waals surface area contributed by atoms with Crippen molar-refractivity contribution >= 4 is 13.7 Å². The highest BCUT2D eigenvalue weighted by atomic mass is 31.2. The fraction of sp³-hybridized carbons (Fsp3) is 0.954. The Morgan fingerprint density at radius 3 is 1.05 bits per heavy atom. The first-order valence-electron chi connectivity index (χ1n) is 33.0. The summed E-state index contributed by atoms with van der Waals surface area (Å²) in [5, 5.41) is 14.0. The number of aliphatic hydroxyl groups is 1. The van der Waals surface area contributed by atoms with Gasteiger partial charge in [0.2, 0.25) is 5.91 Å². The van der Waals surface area contributed by atoms with Crippen molar-refractivity contribution in [3.05, 3.63) is 12.2 Å². The Morgan fingerprint density at radius 1 is 0.459 bits per heavy atom. The number of rotatable bonds is 62. The van der Waals surface area contributed by atoms with E-state index in [1.54, 1.807) is 0 Å². The Balaban J connectivity index is 3.74. The minimum atomic E-state index is -4.56. The maximum Gasteiger partial charge on any atom is 0.268 e. The fourth-order valence-electron chi connectivity index (χ4n) is 10.3. The zero-order valence-corrected chi connectivity index (χ0v) is 51.5. The Kier molecular flexibility index (Phi) is 56.4. The van der Waals surface area contributed by atoms with E-state index in [0.29, 0.717) is 23.9 Å². The number of unbranched alkanes of at least 4 members (excludes halogenated alkanes) is 47. The third-order valence-electron chi connectivity index (χ3n) is 15.5. The molecule has 0 aliphatic rings. The molecule has 0 spiro atoms. The number of carbonyl (C=O) groups is 1. The number of allylic oxidation sites excluding steroid dienone is 2. The van der Waals surface area contributed by atoms with Crippen LogP contribution in [-0.2, 0) is 18.4 Å². The minimum absolute atomic E-state index is 0.0157. The van der Waals surface area contributed by atoms with Gasteiger partial charge in [0.1, 0.15) is 13.2 Å². The summed E-state index contributed by atoms with van der Waals surface area (Å²) in [4.78, 5) is 25.5. The zero-order chi connectivity index (χ0) is 54.2. The second-order valence-electron chi connectivity index (χ2n) is 24.2. The topological polar surface area (TPSA) is 108 Å². The number of hydrogen-bond acceptors (Lipinski definition) is 6. The lowest BCUT2D eigenvalue weighted by atomic mass is 10.0. The molecule has 442 valence electrons. The van der Waals surface area contributed by atoms with E-state index < -0.39 is 20.0 Å². The molecule has 8 nitrogen and oxygen atoms in total. The maximum absolute atomic E-state index is 13.0. The number of likely N-dealkylation sites (N-methyl/N-ethyl adjacent to an activating group) is 1. The number of nitrogens with zero attached hydrogens (tertiary/aromatic N) is 1. The van der Waals surface area contributed by atoms with E-state index in [2.05, 4.69) is 31.3 Å². The van der Waals surface area contributed by atoms with E-state index in [-0.39, 0.29) is 19.1 Å². The van der Waals surface area contributed by atoms with Crippen molar-refractivity contribution in [3.63, 3.8) is 0 Å². The van der Waals surface area contributed by atoms with Crippen molar-refractivity contribution in [2.24, 2.45) is 0 Å². The van der Waals surface area contributed by atoms with Gasteiger partial charge in [-0.15, -0.1) is 0 Å². The van der Waals surface area contributed by atoms with Gasteiger partial charge in [-0.25, -0.2) is 0 Å². The van der Waals surface area contributed by atoms with Crippen molar-refractivity contribution in [2.45, 2.75) is 360 Å². The molecule has 0 bridgehead atoms. The molecule has 0 aromatic heterocycles. The summed E-state index contributed by atoms with van der Waals surface area (Å²) in [5.74, 6) is -0.158. The average Bonchev–Trinajstić information content (AvgIpc) is 3.36. The van der Waals surface area contributed by atoms with Crippen LogP contribution in [0.4, 0.5) is 0 Å². The quantitative estimate of drug-likeness (QED) is 0.0272. The predicted molar refractivity (Wildman–Crippen MR) is 321 cm³/mol. The first-order chi connectivity index (χ1) is 36.0. The third-order valence-corrected chi connectivity index (χ3v) is 16.5. The van der Waals surface area contributed by atoms with E-state index in [9.17, 15) is 19.4 Å². The van der Waals surface area contributed by atoms with Crippen molar-refractivity contribution in [2.75, 3.05) is 40.9 Å². The molecule has 2 N–H and O–H groups in total. The van der Waals surface area contributed by atoms with Gasteiger partial charge in [-0.05, 0) is 38.5 Å². The second kappa shape index (κ2) is 56.9. The van der Waals surface area contributed by atoms with Gasteiger partial charge >= 0.3 is 0 Å². The summed E-state index contributed by atoms with van der Waals surface area (Å²) in [6.45, 7) is 4.75. The lowest BCUT2D eigenvalue weighted by Crippen LogP contribution is -2.46. The van der Waals surface area contributed by atoms with Crippen LogP contribution in [0.1, 0.15) is 348 Å². The smallest absolute Gasteiger partial charge is 0.268 e. The number of nitrogens with one attached hydrogen (secondary N) is 1. The van der Waals surface area contributed by atoms with Gasteiger partial charge in [0.05, 0.1) is 39.9 Å². The normalized spacial score (nSPS) is 13.8. The lowest BCUT2D eigenvalue weighted by molar-refractivity contribution is -0.870. The molecule has 74 heavy (non-hydrogen) atoms. The summed E-state index contributed by atoms with van der Waals surface area (Å²) >= 11 is 0. The molecule has 1 amide bonds. The summed E-state index contributed by atoms with van der Waals surface area (Å²) in [7, 11) is 1.32. The Bertz CT molecular complexity index is 1210. The number of hydrogen-bond donors (Lipinski definition) is 2. The Labute approximate surface area is 462 Å². The highest BCUT2D eigenvalue weighted by Crippen LogP contribution is 2.38. The molecule has 0 aliphatic heterocycles. The number of quaternary nitrogens is 1. The van der Waals surface area contributed by atoms with Crippen LogP contribution in [0.5, 0.6) is 0 Å². The van der Waals surface area contributed by atoms with Gasteiger partial charge in [0, 0.05) is 6.42 Å². The van der Waals surface area contributed by atoms with E-state index >= 15 is 0 Å². The molecule has 3 unspecified atom stereocenters. The van der Waals surface area contributed by atoms with E-state index in [1.165, 1.54) is 283 Å². The van der Waals surface area contributed by atoms with Crippen LogP contribution in [0.2, 0.25) is 0 Å². The fourth-order valence-corrected chi connectivity index (χ4v) is 11.1. The lowest BCUT2D eigenvalue weighted by Gasteiger charge is -2.30. The number of phosphoric acid groups is 1. The molecule has 3 atom stereocenters. The SMILES string of the molecule is CCCCCCCCCC/C=C\CCCCCCCCCCCCCCCCCCCCCCCCCCCCCCCC(=O)NC(COP(=O)([O-])OCC[N+](C)(C)C)C(O)CCCCCCCCCCCCC. The van der Waals surface area contributed by atoms with Crippen molar-refractivity contribution in [3.8, 4) is 0 Å². The maximum atomic E-state index is 13.0. The van der Waals surface area contributed by atoms with Crippen molar-refractivity contribution < 1.29 is 32.9 Å². The van der Waals surface area contributed by atoms with E-state index in [0.717, 1.165) is 38.5 Å². The van der Waals surface area contributed by atoms with Crippen LogP contribution in [0.25, 0.3) is 0 Å². The van der Waals surface area contributed by atoms with Crippen LogP contribution in [-0.4, -0.2) is 68.5 Å². The number of amides is 1. The molecular formula is C65H131N2O6P. The molecule has 0 heterocycles. The molecule has 0 radical (unpaired) electrons. The number of aliphatic hydroxyl groups excluding tert-OH is 1. The number of phosphoric ester groups is 1. The monoisotopic (exact) mass is 1070 g/mol. The standard InChI is InChI=1S/C65H131N2O6P/c1-6-8-10-12-14-16-18-19-20-21-22-23-24-25-26-27-28-29-30-31-32-33-34-35-36-37-38-39-40-41-42-43-44-45-46-47-49-51-53-55-57-59-65(69)66-63(62-73-74(70,71)72-61-60-67(3,4)5)64(68)58-56-54-52-50-48-17-15-13-11-9-7-2/h21-22,63-64,68H,6-20,23-62H2,1-5H3,(H-,66,69,70,71)/b22-21-. The van der Waals surface area contributed by atoms with Gasteiger partial charge in [-0.1, -0.05) is 315 Å². The molecule has 0 saturated heterocycles. The van der Waals surface area contributed by atoms with Gasteiger partial charge in [0.15, 0.2) is 0 Å². The van der Waals surface area contributed by atoms with E-state index in [1.807, 2.05) is 21.1 Å². The van der Waals surface area contributed by atoms with Gasteiger partial charge < -0.3 is 28.8 Å². The summed E-state index contributed by atoms with van der Waals surface area (Å²) < 4.78 is 23.4. The van der Waals surface area contributed by atoms with Crippen LogP contribution in [0.15, 0.2) is 12.2 Å². The first kappa shape index (κ1) is 73.2. The second-order valence-corrected chi connectivity index (χ2v) is 25.6.